The summed E-state index contributed by atoms with van der Waals surface area (Å²) in [5.74, 6) is 0.233. The van der Waals surface area contributed by atoms with Gasteiger partial charge in [0.2, 0.25) is 5.91 Å². The Bertz CT molecular complexity index is 1200. The third kappa shape index (κ3) is 4.48. The van der Waals surface area contributed by atoms with Crippen LogP contribution in [0.3, 0.4) is 0 Å². The monoisotopic (exact) mass is 484 g/mol. The molecule has 0 spiro atoms. The van der Waals surface area contributed by atoms with Crippen LogP contribution >= 0.6 is 34.3 Å². The summed E-state index contributed by atoms with van der Waals surface area (Å²) in [6, 6.07) is 12.4. The average Bonchev–Trinajstić information content (AvgIpc) is 3.52. The first-order valence-electron chi connectivity index (χ1n) is 10.9. The molecule has 1 atom stereocenters. The second-order valence-corrected chi connectivity index (χ2v) is 11.0. The maximum Gasteiger partial charge on any atom is 0.240 e. The Morgan fingerprint density at radius 2 is 1.97 bits per heavy atom. The minimum absolute atomic E-state index is 0.0680. The van der Waals surface area contributed by atoms with E-state index in [1.54, 1.807) is 28.9 Å². The summed E-state index contributed by atoms with van der Waals surface area (Å²) in [5.41, 5.74) is 2.12. The van der Waals surface area contributed by atoms with E-state index in [1.165, 1.54) is 14.6 Å². The summed E-state index contributed by atoms with van der Waals surface area (Å²) in [6.07, 6.45) is 5.51. The molecule has 32 heavy (non-hydrogen) atoms. The number of fused-ring (bicyclic) bond motifs is 1. The van der Waals surface area contributed by atoms with Gasteiger partial charge in [0, 0.05) is 63.3 Å². The normalized spacial score (nSPS) is 17.5. The Labute approximate surface area is 200 Å². The number of nitrogens with zero attached hydrogens (tertiary/aromatic N) is 3. The van der Waals surface area contributed by atoms with Crippen molar-refractivity contribution in [3.05, 3.63) is 63.7 Å². The first-order valence-corrected chi connectivity index (χ1v) is 12.9. The number of aromatic amines is 1. The van der Waals surface area contributed by atoms with E-state index in [9.17, 15) is 4.79 Å². The maximum absolute atomic E-state index is 13.4. The average molecular weight is 485 g/mol. The Morgan fingerprint density at radius 1 is 1.12 bits per heavy atom. The van der Waals surface area contributed by atoms with E-state index in [4.69, 9.17) is 11.6 Å². The third-order valence-electron chi connectivity index (χ3n) is 5.93. The minimum Gasteiger partial charge on any atom is -0.357 e. The van der Waals surface area contributed by atoms with Crippen LogP contribution in [0.1, 0.15) is 30.3 Å². The third-order valence-corrected chi connectivity index (χ3v) is 8.43. The highest BCUT2D eigenvalue weighted by atomic mass is 35.5. The van der Waals surface area contributed by atoms with E-state index in [2.05, 4.69) is 46.1 Å². The number of thiophene rings is 2. The van der Waals surface area contributed by atoms with E-state index < -0.39 is 0 Å². The molecule has 1 fully saturated rings. The number of amides is 1. The molecule has 5 heterocycles. The maximum atomic E-state index is 13.4. The zero-order valence-corrected chi connectivity index (χ0v) is 20.3. The lowest BCUT2D eigenvalue weighted by molar-refractivity contribution is -0.143. The number of rotatable bonds is 7. The van der Waals surface area contributed by atoms with Crippen LogP contribution in [0.25, 0.3) is 20.7 Å². The first kappa shape index (κ1) is 21.6. The van der Waals surface area contributed by atoms with Crippen molar-refractivity contribution in [2.24, 2.45) is 0 Å². The van der Waals surface area contributed by atoms with E-state index in [0.717, 1.165) is 53.4 Å². The molecule has 5 nitrogen and oxygen atoms in total. The van der Waals surface area contributed by atoms with Crippen LogP contribution in [0.15, 0.2) is 48.8 Å². The Morgan fingerprint density at radius 3 is 2.75 bits per heavy atom. The zero-order valence-electron chi connectivity index (χ0n) is 17.9. The molecule has 1 saturated heterocycles. The molecule has 0 bridgehead atoms. The highest BCUT2D eigenvalue weighted by Crippen LogP contribution is 2.36. The second-order valence-electron chi connectivity index (χ2n) is 8.16. The topological polar surface area (TPSA) is 52.2 Å². The van der Waals surface area contributed by atoms with Gasteiger partial charge >= 0.3 is 0 Å². The fraction of sp³-hybridized carbons (Fsp3) is 0.333. The van der Waals surface area contributed by atoms with E-state index in [1.807, 2.05) is 23.2 Å². The predicted molar refractivity (Wildman–Crippen MR) is 133 cm³/mol. The van der Waals surface area contributed by atoms with Crippen LogP contribution in [-0.4, -0.2) is 44.8 Å². The number of aromatic nitrogens is 2. The van der Waals surface area contributed by atoms with Crippen molar-refractivity contribution < 1.29 is 4.79 Å². The lowest BCUT2D eigenvalue weighted by atomic mass is 10.1. The van der Waals surface area contributed by atoms with Gasteiger partial charge in [-0.25, -0.2) is 0 Å². The molecule has 8 heteroatoms. The zero-order chi connectivity index (χ0) is 22.1. The van der Waals surface area contributed by atoms with Crippen molar-refractivity contribution in [3.8, 4) is 9.75 Å². The Hall–Kier alpha value is -2.19. The summed E-state index contributed by atoms with van der Waals surface area (Å²) in [7, 11) is 0. The number of carbonyl (C=O) groups is 1. The van der Waals surface area contributed by atoms with Gasteiger partial charge in [0.25, 0.3) is 0 Å². The highest BCUT2D eigenvalue weighted by molar-refractivity contribution is 7.24. The van der Waals surface area contributed by atoms with Gasteiger partial charge < -0.3 is 9.88 Å². The fourth-order valence-corrected chi connectivity index (χ4v) is 6.54. The molecule has 4 aromatic heterocycles. The molecule has 0 unspecified atom stereocenters. The van der Waals surface area contributed by atoms with Gasteiger partial charge in [0.1, 0.15) is 0 Å². The van der Waals surface area contributed by atoms with Gasteiger partial charge in [-0.2, -0.15) is 0 Å². The summed E-state index contributed by atoms with van der Waals surface area (Å²) in [4.78, 5) is 29.1. The first-order chi connectivity index (χ1) is 15.6. The summed E-state index contributed by atoms with van der Waals surface area (Å²) < 4.78 is 0.811. The predicted octanol–water partition coefficient (Wildman–Crippen LogP) is 6.02. The molecule has 0 saturated carbocycles. The second kappa shape index (κ2) is 9.35. The lowest BCUT2D eigenvalue weighted by Gasteiger charge is -2.40. The van der Waals surface area contributed by atoms with Gasteiger partial charge in [-0.1, -0.05) is 24.9 Å². The molecule has 0 aromatic carbocycles. The van der Waals surface area contributed by atoms with Crippen LogP contribution in [0.2, 0.25) is 4.34 Å². The van der Waals surface area contributed by atoms with Crippen LogP contribution in [-0.2, 0) is 17.9 Å². The molecular formula is C24H25ClN4OS2. The smallest absolute Gasteiger partial charge is 0.240 e. The Balaban J connectivity index is 1.29. The van der Waals surface area contributed by atoms with Crippen molar-refractivity contribution in [2.45, 2.75) is 38.9 Å². The standard InChI is InChI=1S/C24H25ClN4OS2/c1-2-3-20-24(30)29(14-17-12-16-13-26-9-8-19(16)27-17)11-10-28(20)15-18-4-5-21(31-18)22-6-7-23(25)32-22/h4-9,12-13,20,27H,2-3,10-11,14-15H2,1H3/t20-/m0/s1. The van der Waals surface area contributed by atoms with Crippen LogP contribution in [0.4, 0.5) is 0 Å². The van der Waals surface area contributed by atoms with Gasteiger partial charge in [0.15, 0.2) is 0 Å². The van der Waals surface area contributed by atoms with Crippen LogP contribution in [0.5, 0.6) is 0 Å². The van der Waals surface area contributed by atoms with Crippen LogP contribution < -0.4 is 0 Å². The van der Waals surface area contributed by atoms with Crippen molar-refractivity contribution in [2.75, 3.05) is 13.1 Å². The lowest BCUT2D eigenvalue weighted by Crippen LogP contribution is -2.56. The molecule has 5 rings (SSSR count). The van der Waals surface area contributed by atoms with Crippen molar-refractivity contribution in [3.63, 3.8) is 0 Å². The van der Waals surface area contributed by atoms with Gasteiger partial charge in [-0.15, -0.1) is 22.7 Å². The number of pyridine rings is 1. The number of carbonyl (C=O) groups excluding carboxylic acids is 1. The minimum atomic E-state index is -0.0680. The number of hydrogen-bond donors (Lipinski definition) is 1. The largest absolute Gasteiger partial charge is 0.357 e. The summed E-state index contributed by atoms with van der Waals surface area (Å²) >= 11 is 9.51. The molecule has 1 aliphatic rings. The van der Waals surface area contributed by atoms with Crippen molar-refractivity contribution >= 4 is 51.1 Å². The van der Waals surface area contributed by atoms with Gasteiger partial charge in [-0.3, -0.25) is 14.7 Å². The number of halogens is 1. The van der Waals surface area contributed by atoms with E-state index in [0.29, 0.717) is 6.54 Å². The number of hydrogen-bond acceptors (Lipinski definition) is 5. The molecule has 1 amide bonds. The SMILES string of the molecule is CCC[C@H]1C(=O)N(Cc2cc3cnccc3[nH]2)CCN1Cc1ccc(-c2ccc(Cl)s2)s1. The van der Waals surface area contributed by atoms with Crippen LogP contribution in [0, 0.1) is 0 Å². The number of nitrogens with one attached hydrogen (secondary N) is 1. The molecule has 4 aromatic rings. The van der Waals surface area contributed by atoms with Crippen molar-refractivity contribution in [1.29, 1.82) is 0 Å². The van der Waals surface area contributed by atoms with Crippen molar-refractivity contribution in [1.82, 2.24) is 19.8 Å². The molecule has 1 aliphatic heterocycles. The molecule has 166 valence electrons. The van der Waals surface area contributed by atoms with E-state index in [-0.39, 0.29) is 11.9 Å². The van der Waals surface area contributed by atoms with Gasteiger partial charge in [0.05, 0.1) is 16.9 Å². The van der Waals surface area contributed by atoms with E-state index >= 15 is 0 Å². The molecule has 1 N–H and O–H groups in total. The number of piperazine rings is 1. The highest BCUT2D eigenvalue weighted by Gasteiger charge is 2.34. The molecular weight excluding hydrogens is 460 g/mol. The molecule has 0 radical (unpaired) electrons. The number of H-pyrrole nitrogens is 1. The Kier molecular flexibility index (Phi) is 6.33. The fourth-order valence-electron chi connectivity index (χ4n) is 4.37. The summed E-state index contributed by atoms with van der Waals surface area (Å²) in [5, 5.41) is 1.08. The molecule has 0 aliphatic carbocycles. The summed E-state index contributed by atoms with van der Waals surface area (Å²) in [6.45, 7) is 5.20. The van der Waals surface area contributed by atoms with Gasteiger partial charge in [-0.05, 0) is 42.8 Å². The quantitative estimate of drug-likeness (QED) is 0.349.